The first-order valence-corrected chi connectivity index (χ1v) is 7.47. The van der Waals surface area contributed by atoms with E-state index in [0.29, 0.717) is 29.8 Å². The molecule has 0 aromatic heterocycles. The summed E-state index contributed by atoms with van der Waals surface area (Å²) in [6.45, 7) is 9.06. The van der Waals surface area contributed by atoms with Gasteiger partial charge in [-0.2, -0.15) is 0 Å². The molecule has 1 unspecified atom stereocenters. The Morgan fingerprint density at radius 1 is 1.25 bits per heavy atom. The number of anilines is 2. The van der Waals surface area contributed by atoms with Crippen LogP contribution >= 0.6 is 0 Å². The van der Waals surface area contributed by atoms with Crippen molar-refractivity contribution in [3.63, 3.8) is 0 Å². The fourth-order valence-corrected chi connectivity index (χ4v) is 2.49. The number of carbonyl (C=O) groups excluding carboxylic acids is 1. The molecule has 4 heteroatoms. The normalized spacial score (nSPS) is 12.2. The first-order valence-electron chi connectivity index (χ1n) is 7.47. The van der Waals surface area contributed by atoms with Gasteiger partial charge in [0.25, 0.3) is 5.91 Å². The molecule has 1 atom stereocenters. The summed E-state index contributed by atoms with van der Waals surface area (Å²) in [5.74, 6) is 0.519. The van der Waals surface area contributed by atoms with Gasteiger partial charge in [0.1, 0.15) is 0 Å². The zero-order chi connectivity index (χ0) is 15.1. The zero-order valence-electron chi connectivity index (χ0n) is 13.0. The van der Waals surface area contributed by atoms with Gasteiger partial charge in [-0.1, -0.05) is 26.7 Å². The number of nitrogens with one attached hydrogen (secondary N) is 2. The zero-order valence-corrected chi connectivity index (χ0v) is 13.0. The highest BCUT2D eigenvalue weighted by Gasteiger charge is 2.17. The lowest BCUT2D eigenvalue weighted by molar-refractivity contribution is 0.0956. The Bertz CT molecular complexity index is 441. The van der Waals surface area contributed by atoms with Crippen LogP contribution in [0, 0.1) is 5.92 Å². The minimum atomic E-state index is -0.0632. The van der Waals surface area contributed by atoms with Crippen LogP contribution in [-0.2, 0) is 0 Å². The highest BCUT2D eigenvalue weighted by atomic mass is 16.1. The third-order valence-electron chi connectivity index (χ3n) is 3.76. The first-order chi connectivity index (χ1) is 9.53. The number of carbonyl (C=O) groups is 1. The van der Waals surface area contributed by atoms with Gasteiger partial charge in [-0.25, -0.2) is 0 Å². The summed E-state index contributed by atoms with van der Waals surface area (Å²) in [6.07, 6.45) is 2.23. The van der Waals surface area contributed by atoms with E-state index in [1.165, 1.54) is 0 Å². The second kappa shape index (κ2) is 7.78. The number of nitrogens with two attached hydrogens (primary N) is 1. The molecule has 4 N–H and O–H groups in total. The van der Waals surface area contributed by atoms with E-state index < -0.39 is 0 Å². The second-order valence-electron chi connectivity index (χ2n) is 5.17. The fourth-order valence-electron chi connectivity index (χ4n) is 2.49. The molecule has 0 saturated carbocycles. The van der Waals surface area contributed by atoms with Crippen molar-refractivity contribution in [2.75, 3.05) is 17.6 Å². The molecule has 0 aliphatic carbocycles. The quantitative estimate of drug-likeness (QED) is 0.670. The van der Waals surface area contributed by atoms with Gasteiger partial charge in [0.15, 0.2) is 0 Å². The molecular weight excluding hydrogens is 250 g/mol. The highest BCUT2D eigenvalue weighted by molar-refractivity contribution is 6.00. The predicted molar refractivity (Wildman–Crippen MR) is 86.0 cm³/mol. The minimum absolute atomic E-state index is 0.0632. The highest BCUT2D eigenvalue weighted by Crippen LogP contribution is 2.23. The van der Waals surface area contributed by atoms with Crippen LogP contribution in [0.15, 0.2) is 18.2 Å². The average Bonchev–Trinajstić information content (AvgIpc) is 2.40. The standard InChI is InChI=1S/C16H27N3O/c1-5-12(6-2)11(4)19-15-10-13(17)8-9-14(15)16(20)18-7-3/h8-12,19H,5-7,17H2,1-4H3,(H,18,20). The van der Waals surface area contributed by atoms with Crippen LogP contribution in [0.25, 0.3) is 0 Å². The molecular formula is C16H27N3O. The van der Waals surface area contributed by atoms with E-state index in [4.69, 9.17) is 5.73 Å². The maximum atomic E-state index is 12.1. The summed E-state index contributed by atoms with van der Waals surface area (Å²) in [4.78, 5) is 12.1. The van der Waals surface area contributed by atoms with Crippen LogP contribution in [-0.4, -0.2) is 18.5 Å². The van der Waals surface area contributed by atoms with Crippen LogP contribution in [0.4, 0.5) is 11.4 Å². The SMILES string of the molecule is CCNC(=O)c1ccc(N)cc1NC(C)C(CC)CC. The number of benzene rings is 1. The lowest BCUT2D eigenvalue weighted by Gasteiger charge is -2.25. The van der Waals surface area contributed by atoms with Crippen molar-refractivity contribution in [3.8, 4) is 0 Å². The molecule has 0 spiro atoms. The Morgan fingerprint density at radius 2 is 1.90 bits per heavy atom. The maximum absolute atomic E-state index is 12.1. The van der Waals surface area contributed by atoms with Crippen LogP contribution in [0.3, 0.4) is 0 Å². The molecule has 0 bridgehead atoms. The van der Waals surface area contributed by atoms with Crippen LogP contribution in [0.2, 0.25) is 0 Å². The Labute approximate surface area is 122 Å². The van der Waals surface area contributed by atoms with Gasteiger partial charge in [0, 0.05) is 24.0 Å². The summed E-state index contributed by atoms with van der Waals surface area (Å²) in [7, 11) is 0. The maximum Gasteiger partial charge on any atom is 0.253 e. The van der Waals surface area contributed by atoms with Crippen LogP contribution < -0.4 is 16.4 Å². The molecule has 1 aromatic carbocycles. The lowest BCUT2D eigenvalue weighted by atomic mass is 9.95. The smallest absolute Gasteiger partial charge is 0.253 e. The number of hydrogen-bond donors (Lipinski definition) is 3. The molecule has 1 amide bonds. The van der Waals surface area contributed by atoms with Crippen LogP contribution in [0.5, 0.6) is 0 Å². The van der Waals surface area contributed by atoms with E-state index >= 15 is 0 Å². The van der Waals surface area contributed by atoms with E-state index in [1.54, 1.807) is 12.1 Å². The van der Waals surface area contributed by atoms with Crippen molar-refractivity contribution < 1.29 is 4.79 Å². The summed E-state index contributed by atoms with van der Waals surface area (Å²) < 4.78 is 0. The molecule has 4 nitrogen and oxygen atoms in total. The van der Waals surface area contributed by atoms with E-state index in [-0.39, 0.29) is 5.91 Å². The van der Waals surface area contributed by atoms with Gasteiger partial charge < -0.3 is 16.4 Å². The van der Waals surface area contributed by atoms with E-state index in [9.17, 15) is 4.79 Å². The molecule has 0 fully saturated rings. The monoisotopic (exact) mass is 277 g/mol. The number of hydrogen-bond acceptors (Lipinski definition) is 3. The summed E-state index contributed by atoms with van der Waals surface area (Å²) in [6, 6.07) is 5.68. The summed E-state index contributed by atoms with van der Waals surface area (Å²) >= 11 is 0. The predicted octanol–water partition coefficient (Wildman–Crippen LogP) is 3.26. The topological polar surface area (TPSA) is 67.2 Å². The molecule has 0 aliphatic rings. The van der Waals surface area contributed by atoms with Crippen molar-refractivity contribution in [1.29, 1.82) is 0 Å². The van der Waals surface area contributed by atoms with Gasteiger partial charge >= 0.3 is 0 Å². The van der Waals surface area contributed by atoms with E-state index in [0.717, 1.165) is 18.5 Å². The molecule has 1 aromatic rings. The molecule has 20 heavy (non-hydrogen) atoms. The lowest BCUT2D eigenvalue weighted by Crippen LogP contribution is -2.28. The second-order valence-corrected chi connectivity index (χ2v) is 5.17. The van der Waals surface area contributed by atoms with E-state index in [2.05, 4.69) is 31.4 Å². The molecule has 112 valence electrons. The van der Waals surface area contributed by atoms with Crippen molar-refractivity contribution in [3.05, 3.63) is 23.8 Å². The number of amides is 1. The van der Waals surface area contributed by atoms with Crippen molar-refractivity contribution in [1.82, 2.24) is 5.32 Å². The Hall–Kier alpha value is -1.71. The van der Waals surface area contributed by atoms with Crippen molar-refractivity contribution in [2.45, 2.75) is 46.6 Å². The molecule has 0 radical (unpaired) electrons. The minimum Gasteiger partial charge on any atom is -0.399 e. The Balaban J connectivity index is 2.97. The van der Waals surface area contributed by atoms with Gasteiger partial charge in [-0.3, -0.25) is 4.79 Å². The van der Waals surface area contributed by atoms with Crippen molar-refractivity contribution >= 4 is 17.3 Å². The molecule has 0 heterocycles. The largest absolute Gasteiger partial charge is 0.399 e. The van der Waals surface area contributed by atoms with Gasteiger partial charge in [0.05, 0.1) is 5.56 Å². The third-order valence-corrected chi connectivity index (χ3v) is 3.76. The molecule has 0 saturated heterocycles. The van der Waals surface area contributed by atoms with Gasteiger partial charge in [0.2, 0.25) is 0 Å². The summed E-state index contributed by atoms with van der Waals surface area (Å²) in [5.41, 5.74) is 7.98. The van der Waals surface area contributed by atoms with Gasteiger partial charge in [-0.15, -0.1) is 0 Å². The Kier molecular flexibility index (Phi) is 6.36. The first kappa shape index (κ1) is 16.3. The van der Waals surface area contributed by atoms with E-state index in [1.807, 2.05) is 13.0 Å². The molecule has 0 aliphatic heterocycles. The average molecular weight is 277 g/mol. The van der Waals surface area contributed by atoms with Gasteiger partial charge in [-0.05, 0) is 38.0 Å². The molecule has 1 rings (SSSR count). The third kappa shape index (κ3) is 4.15. The number of nitrogen functional groups attached to an aromatic ring is 1. The Morgan fingerprint density at radius 3 is 2.45 bits per heavy atom. The van der Waals surface area contributed by atoms with Crippen molar-refractivity contribution in [2.24, 2.45) is 5.92 Å². The number of rotatable bonds is 7. The van der Waals surface area contributed by atoms with Crippen LogP contribution in [0.1, 0.15) is 50.9 Å². The fraction of sp³-hybridized carbons (Fsp3) is 0.562. The summed E-state index contributed by atoms with van der Waals surface area (Å²) in [5, 5.41) is 6.28.